The van der Waals surface area contributed by atoms with Crippen molar-refractivity contribution in [2.75, 3.05) is 0 Å². The molecule has 116 valence electrons. The van der Waals surface area contributed by atoms with Gasteiger partial charge >= 0.3 is 0 Å². The maximum absolute atomic E-state index is 9.46. The average Bonchev–Trinajstić information content (AvgIpc) is 2.74. The summed E-state index contributed by atoms with van der Waals surface area (Å²) < 4.78 is 11.2. The first-order valence-corrected chi connectivity index (χ1v) is 7.05. The van der Waals surface area contributed by atoms with E-state index in [9.17, 15) is 10.2 Å². The Kier molecular flexibility index (Phi) is 4.56. The van der Waals surface area contributed by atoms with Gasteiger partial charge in [-0.05, 0) is 33.8 Å². The molecule has 0 aliphatic heterocycles. The normalized spacial score (nSPS) is 13.6. The van der Waals surface area contributed by atoms with Crippen LogP contribution in [-0.4, -0.2) is 22.0 Å². The van der Waals surface area contributed by atoms with E-state index in [1.807, 2.05) is 12.1 Å². The number of benzene rings is 1. The fraction of sp³-hybridized carbons (Fsp3) is 0.500. The van der Waals surface area contributed by atoms with Gasteiger partial charge in [-0.25, -0.2) is 0 Å². The van der Waals surface area contributed by atoms with Crippen molar-refractivity contribution < 1.29 is 19.4 Å². The van der Waals surface area contributed by atoms with Crippen molar-refractivity contribution in [2.24, 2.45) is 0 Å². The highest BCUT2D eigenvalue weighted by atomic mass is 16.6. The average molecular weight is 293 g/mol. The molecule has 5 nitrogen and oxygen atoms in total. The molecule has 0 spiro atoms. The molecule has 3 N–H and O–H groups in total. The Bertz CT molecular complexity index is 610. The molecule has 1 unspecified atom stereocenters. The van der Waals surface area contributed by atoms with Gasteiger partial charge in [-0.3, -0.25) is 0 Å². The van der Waals surface area contributed by atoms with Crippen molar-refractivity contribution >= 4 is 10.8 Å². The van der Waals surface area contributed by atoms with E-state index in [4.69, 9.17) is 9.15 Å². The van der Waals surface area contributed by atoms with Gasteiger partial charge in [-0.15, -0.1) is 0 Å². The number of fused-ring (bicyclic) bond motifs is 1. The predicted octanol–water partition coefficient (Wildman–Crippen LogP) is 2.53. The SMILES string of the molecule is CC(O)Oc1cccc2c(CO)oc(CNC(C)(C)C)c12. The zero-order chi connectivity index (χ0) is 15.6. The second kappa shape index (κ2) is 6.05. The summed E-state index contributed by atoms with van der Waals surface area (Å²) in [5.41, 5.74) is -0.0570. The number of hydrogen-bond acceptors (Lipinski definition) is 5. The summed E-state index contributed by atoms with van der Waals surface area (Å²) in [6.07, 6.45) is -0.911. The summed E-state index contributed by atoms with van der Waals surface area (Å²) in [4.78, 5) is 0. The molecule has 5 heteroatoms. The van der Waals surface area contributed by atoms with Crippen LogP contribution in [-0.2, 0) is 13.2 Å². The number of nitrogens with one attached hydrogen (secondary N) is 1. The second-order valence-corrected chi connectivity index (χ2v) is 6.11. The van der Waals surface area contributed by atoms with Gasteiger partial charge in [0.15, 0.2) is 6.29 Å². The van der Waals surface area contributed by atoms with Crippen LogP contribution in [0.4, 0.5) is 0 Å². The van der Waals surface area contributed by atoms with Crippen molar-refractivity contribution in [2.45, 2.75) is 52.7 Å². The maximum Gasteiger partial charge on any atom is 0.194 e. The van der Waals surface area contributed by atoms with Crippen LogP contribution < -0.4 is 10.1 Å². The molecule has 0 aliphatic rings. The fourth-order valence-electron chi connectivity index (χ4n) is 2.18. The van der Waals surface area contributed by atoms with Gasteiger partial charge in [0.05, 0.1) is 11.9 Å². The smallest absolute Gasteiger partial charge is 0.194 e. The summed E-state index contributed by atoms with van der Waals surface area (Å²) in [5.74, 6) is 1.75. The van der Waals surface area contributed by atoms with Crippen LogP contribution in [0.15, 0.2) is 22.6 Å². The molecule has 21 heavy (non-hydrogen) atoms. The molecule has 0 radical (unpaired) electrons. The molecule has 0 amide bonds. The van der Waals surface area contributed by atoms with Crippen molar-refractivity contribution in [3.05, 3.63) is 29.7 Å². The standard InChI is InChI=1S/C16H23NO4/c1-10(19)20-12-7-5-6-11-14(9-18)21-13(15(11)12)8-17-16(2,3)4/h5-7,10,17-19H,8-9H2,1-4H3. The zero-order valence-electron chi connectivity index (χ0n) is 12.9. The molecule has 0 saturated heterocycles. The van der Waals surface area contributed by atoms with Gasteiger partial charge < -0.3 is 24.7 Å². The Balaban J connectivity index is 2.47. The van der Waals surface area contributed by atoms with Crippen LogP contribution in [0.1, 0.15) is 39.2 Å². The molecular formula is C16H23NO4. The van der Waals surface area contributed by atoms with Gasteiger partial charge in [-0.2, -0.15) is 0 Å². The van der Waals surface area contributed by atoms with Gasteiger partial charge in [-0.1, -0.05) is 12.1 Å². The maximum atomic E-state index is 9.46. The third-order valence-corrected chi connectivity index (χ3v) is 3.07. The van der Waals surface area contributed by atoms with Crippen LogP contribution in [0.2, 0.25) is 0 Å². The molecule has 1 atom stereocenters. The van der Waals surface area contributed by atoms with E-state index in [0.717, 1.165) is 10.8 Å². The Morgan fingerprint density at radius 2 is 2.00 bits per heavy atom. The number of aliphatic hydroxyl groups excluding tert-OH is 2. The van der Waals surface area contributed by atoms with E-state index in [1.165, 1.54) is 0 Å². The number of ether oxygens (including phenoxy) is 1. The van der Waals surface area contributed by atoms with E-state index >= 15 is 0 Å². The molecule has 2 aromatic rings. The number of rotatable bonds is 5. The van der Waals surface area contributed by atoms with Gasteiger partial charge in [0.1, 0.15) is 23.9 Å². The van der Waals surface area contributed by atoms with Crippen molar-refractivity contribution in [1.29, 1.82) is 0 Å². The highest BCUT2D eigenvalue weighted by Crippen LogP contribution is 2.34. The molecule has 0 aliphatic carbocycles. The summed E-state index contributed by atoms with van der Waals surface area (Å²) in [6.45, 7) is 8.10. The molecule has 1 aromatic carbocycles. The molecule has 0 saturated carbocycles. The topological polar surface area (TPSA) is 74.9 Å². The first-order chi connectivity index (χ1) is 9.81. The Morgan fingerprint density at radius 3 is 2.57 bits per heavy atom. The quantitative estimate of drug-likeness (QED) is 0.739. The van der Waals surface area contributed by atoms with Crippen LogP contribution in [0.3, 0.4) is 0 Å². The van der Waals surface area contributed by atoms with Crippen molar-refractivity contribution in [1.82, 2.24) is 5.32 Å². The predicted molar refractivity (Wildman–Crippen MR) is 81.0 cm³/mol. The lowest BCUT2D eigenvalue weighted by molar-refractivity contribution is 0.000813. The minimum absolute atomic E-state index is 0.0570. The zero-order valence-corrected chi connectivity index (χ0v) is 12.9. The molecule has 2 rings (SSSR count). The summed E-state index contributed by atoms with van der Waals surface area (Å²) >= 11 is 0. The first-order valence-electron chi connectivity index (χ1n) is 7.05. The minimum Gasteiger partial charge on any atom is -0.465 e. The number of furan rings is 1. The lowest BCUT2D eigenvalue weighted by atomic mass is 10.1. The van der Waals surface area contributed by atoms with Crippen molar-refractivity contribution in [3.63, 3.8) is 0 Å². The molecular weight excluding hydrogens is 270 g/mol. The number of hydrogen-bond donors (Lipinski definition) is 3. The van der Waals surface area contributed by atoms with Crippen LogP contribution >= 0.6 is 0 Å². The summed E-state index contributed by atoms with van der Waals surface area (Å²) in [5, 5.41) is 23.9. The third kappa shape index (κ3) is 3.75. The van der Waals surface area contributed by atoms with Crippen LogP contribution in [0.5, 0.6) is 5.75 Å². The summed E-state index contributed by atoms with van der Waals surface area (Å²) in [6, 6.07) is 5.47. The molecule has 0 fully saturated rings. The van der Waals surface area contributed by atoms with Crippen molar-refractivity contribution in [3.8, 4) is 5.75 Å². The van der Waals surface area contributed by atoms with E-state index in [0.29, 0.717) is 23.8 Å². The highest BCUT2D eigenvalue weighted by molar-refractivity contribution is 5.92. The van der Waals surface area contributed by atoms with E-state index in [-0.39, 0.29) is 12.1 Å². The Hall–Kier alpha value is -1.56. The molecule has 1 aromatic heterocycles. The minimum atomic E-state index is -0.911. The summed E-state index contributed by atoms with van der Waals surface area (Å²) in [7, 11) is 0. The largest absolute Gasteiger partial charge is 0.465 e. The van der Waals surface area contributed by atoms with Gasteiger partial charge in [0.2, 0.25) is 0 Å². The van der Waals surface area contributed by atoms with E-state index in [2.05, 4.69) is 26.1 Å². The molecule has 0 bridgehead atoms. The lowest BCUT2D eigenvalue weighted by Crippen LogP contribution is -2.35. The van der Waals surface area contributed by atoms with Gasteiger partial charge in [0.25, 0.3) is 0 Å². The first kappa shape index (κ1) is 15.8. The highest BCUT2D eigenvalue weighted by Gasteiger charge is 2.19. The van der Waals surface area contributed by atoms with Gasteiger partial charge in [0, 0.05) is 10.9 Å². The van der Waals surface area contributed by atoms with E-state index in [1.54, 1.807) is 13.0 Å². The van der Waals surface area contributed by atoms with Crippen LogP contribution in [0, 0.1) is 0 Å². The third-order valence-electron chi connectivity index (χ3n) is 3.07. The van der Waals surface area contributed by atoms with Crippen LogP contribution in [0.25, 0.3) is 10.8 Å². The Morgan fingerprint density at radius 1 is 1.29 bits per heavy atom. The Labute approximate surface area is 124 Å². The second-order valence-electron chi connectivity index (χ2n) is 6.11. The lowest BCUT2D eigenvalue weighted by Gasteiger charge is -2.20. The monoisotopic (exact) mass is 293 g/mol. The molecule has 1 heterocycles. The number of aliphatic hydroxyl groups is 2. The van der Waals surface area contributed by atoms with E-state index < -0.39 is 6.29 Å². The fourth-order valence-corrected chi connectivity index (χ4v) is 2.18.